The van der Waals surface area contributed by atoms with Gasteiger partial charge in [-0.1, -0.05) is 0 Å². The van der Waals surface area contributed by atoms with Crippen LogP contribution in [0.15, 0.2) is 52.8 Å². The van der Waals surface area contributed by atoms with Crippen LogP contribution in [0.3, 0.4) is 0 Å². The Balaban J connectivity index is 1.94. The molecule has 7 nitrogen and oxygen atoms in total. The number of hydrogen-bond donors (Lipinski definition) is 3. The van der Waals surface area contributed by atoms with Crippen molar-refractivity contribution in [3.63, 3.8) is 0 Å². The van der Waals surface area contributed by atoms with Crippen molar-refractivity contribution in [3.05, 3.63) is 81.9 Å². The lowest BCUT2D eigenvalue weighted by Gasteiger charge is -2.21. The molecule has 190 valence electrons. The Bertz CT molecular complexity index is 1270. The number of carbonyl (C=O) groups excluding carboxylic acids is 2. The third-order valence-corrected chi connectivity index (χ3v) is 5.69. The van der Waals surface area contributed by atoms with Gasteiger partial charge in [-0.3, -0.25) is 9.59 Å². The summed E-state index contributed by atoms with van der Waals surface area (Å²) in [5, 5.41) is 13.1. The van der Waals surface area contributed by atoms with E-state index < -0.39 is 35.4 Å². The number of halogens is 3. The van der Waals surface area contributed by atoms with E-state index in [-0.39, 0.29) is 52.8 Å². The largest absolute Gasteiger partial charge is 0.383 e. The summed E-state index contributed by atoms with van der Waals surface area (Å²) in [6.07, 6.45) is -0.260. The fourth-order valence-corrected chi connectivity index (χ4v) is 3.98. The summed E-state index contributed by atoms with van der Waals surface area (Å²) in [6, 6.07) is 5.15. The van der Waals surface area contributed by atoms with E-state index in [1.165, 1.54) is 23.1 Å². The Hall–Kier alpha value is -3.92. The molecule has 2 amide bonds. The number of fused-ring (bicyclic) bond motifs is 1. The van der Waals surface area contributed by atoms with E-state index in [0.29, 0.717) is 11.6 Å². The van der Waals surface area contributed by atoms with E-state index in [0.717, 1.165) is 12.1 Å². The molecule has 4 N–H and O–H groups in total. The molecule has 3 rings (SSSR count). The van der Waals surface area contributed by atoms with Crippen LogP contribution in [0.1, 0.15) is 43.6 Å². The number of aliphatic imine (C=N–C) groups is 1. The van der Waals surface area contributed by atoms with Crippen LogP contribution >= 0.6 is 0 Å². The minimum atomic E-state index is -1.83. The highest BCUT2D eigenvalue weighted by atomic mass is 19.1. The Morgan fingerprint density at radius 2 is 1.83 bits per heavy atom. The number of hydrogen-bond acceptors (Lipinski definition) is 5. The van der Waals surface area contributed by atoms with Gasteiger partial charge in [-0.15, -0.1) is 0 Å². The Morgan fingerprint density at radius 1 is 1.19 bits per heavy atom. The molecule has 0 spiro atoms. The number of carbonyl (C=O) groups is 2. The van der Waals surface area contributed by atoms with Crippen LogP contribution < -0.4 is 16.0 Å². The zero-order valence-corrected chi connectivity index (χ0v) is 20.1. The van der Waals surface area contributed by atoms with E-state index in [4.69, 9.17) is 5.73 Å². The van der Waals surface area contributed by atoms with Crippen LogP contribution in [-0.4, -0.2) is 36.2 Å². The lowest BCUT2D eigenvalue weighted by atomic mass is 9.99. The molecule has 2 aromatic rings. The molecule has 1 aliphatic heterocycles. The maximum absolute atomic E-state index is 15.5. The minimum Gasteiger partial charge on any atom is -0.383 e. The molecule has 36 heavy (non-hydrogen) atoms. The number of allylic oxidation sites excluding steroid dienone is 1. The molecule has 0 aliphatic carbocycles. The maximum atomic E-state index is 15.5. The maximum Gasteiger partial charge on any atom is 0.260 e. The first-order valence-corrected chi connectivity index (χ1v) is 11.2. The van der Waals surface area contributed by atoms with Crippen molar-refractivity contribution in [2.24, 2.45) is 10.7 Å². The fraction of sp³-hybridized carbons (Fsp3) is 0.269. The smallest absolute Gasteiger partial charge is 0.260 e. The number of aliphatic hydroxyl groups is 1. The zero-order chi connectivity index (χ0) is 26.7. The van der Waals surface area contributed by atoms with Gasteiger partial charge >= 0.3 is 0 Å². The predicted molar refractivity (Wildman–Crippen MR) is 131 cm³/mol. The molecule has 1 heterocycles. The molecular weight excluding hydrogens is 473 g/mol. The Kier molecular flexibility index (Phi) is 7.99. The Labute approximate surface area is 206 Å². The van der Waals surface area contributed by atoms with Crippen LogP contribution in [0, 0.1) is 17.5 Å². The van der Waals surface area contributed by atoms with Crippen LogP contribution in [0.2, 0.25) is 0 Å². The van der Waals surface area contributed by atoms with Crippen LogP contribution in [0.4, 0.5) is 18.9 Å². The molecule has 0 unspecified atom stereocenters. The topological polar surface area (TPSA) is 108 Å². The van der Waals surface area contributed by atoms with Crippen molar-refractivity contribution in [1.82, 2.24) is 5.32 Å². The zero-order valence-electron chi connectivity index (χ0n) is 20.1. The van der Waals surface area contributed by atoms with Gasteiger partial charge in [-0.05, 0) is 75.4 Å². The molecule has 0 saturated heterocycles. The molecule has 1 aliphatic rings. The number of nitrogens with two attached hydrogens (primary N) is 1. The lowest BCUT2D eigenvalue weighted by Crippen LogP contribution is -2.33. The summed E-state index contributed by atoms with van der Waals surface area (Å²) in [4.78, 5) is 30.2. The van der Waals surface area contributed by atoms with Crippen molar-refractivity contribution in [2.45, 2.75) is 39.3 Å². The molecule has 0 fully saturated rings. The van der Waals surface area contributed by atoms with Gasteiger partial charge < -0.3 is 21.1 Å². The quantitative estimate of drug-likeness (QED) is 0.307. The van der Waals surface area contributed by atoms with Gasteiger partial charge in [0.1, 0.15) is 23.3 Å². The van der Waals surface area contributed by atoms with E-state index in [9.17, 15) is 23.5 Å². The first-order chi connectivity index (χ1) is 16.9. The minimum absolute atomic E-state index is 0.0263. The van der Waals surface area contributed by atoms with Gasteiger partial charge in [0, 0.05) is 35.5 Å². The van der Waals surface area contributed by atoms with Crippen LogP contribution in [-0.2, 0) is 16.0 Å². The first kappa shape index (κ1) is 26.7. The monoisotopic (exact) mass is 500 g/mol. The predicted octanol–water partition coefficient (Wildman–Crippen LogP) is 3.53. The highest BCUT2D eigenvalue weighted by Gasteiger charge is 2.33. The SMILES string of the molecule is C=N/C(N)=C(\C=C(/C)c1ccc2c(c1F)CCN2C(=O)[C@@H](O)c1cc(F)cc(F)c1)C(=O)NC(C)C. The molecule has 0 radical (unpaired) electrons. The first-order valence-electron chi connectivity index (χ1n) is 11.2. The molecule has 0 saturated carbocycles. The van der Waals surface area contributed by atoms with Gasteiger partial charge in [0.25, 0.3) is 11.8 Å². The molecule has 0 aromatic heterocycles. The van der Waals surface area contributed by atoms with Crippen LogP contribution in [0.5, 0.6) is 0 Å². The number of amides is 2. The highest BCUT2D eigenvalue weighted by Crippen LogP contribution is 2.36. The average Bonchev–Trinajstić information content (AvgIpc) is 3.25. The lowest BCUT2D eigenvalue weighted by molar-refractivity contribution is -0.126. The summed E-state index contributed by atoms with van der Waals surface area (Å²) >= 11 is 0. The molecule has 2 aromatic carbocycles. The normalized spacial score (nSPS) is 14.9. The standard InChI is InChI=1S/C26H27F3N4O3/c1-13(2)32-25(35)20(24(30)31-4)9-14(3)18-5-6-21-19(22(18)29)7-8-33(21)26(36)23(34)15-10-16(27)12-17(28)11-15/h5-6,9-13,23,34H,4,7-8,30H2,1-3H3,(H,32,35)/b14-9+,24-20+/t23-/m0/s1. The van der Waals surface area contributed by atoms with Crippen molar-refractivity contribution >= 4 is 29.8 Å². The van der Waals surface area contributed by atoms with E-state index in [2.05, 4.69) is 17.0 Å². The summed E-state index contributed by atoms with van der Waals surface area (Å²) in [5.74, 6) is -3.90. The number of anilines is 1. The van der Waals surface area contributed by atoms with Crippen molar-refractivity contribution < 1.29 is 27.9 Å². The molecular formula is C26H27F3N4O3. The second-order valence-electron chi connectivity index (χ2n) is 8.68. The second-order valence-corrected chi connectivity index (χ2v) is 8.68. The summed E-state index contributed by atoms with van der Waals surface area (Å²) in [7, 11) is 0. The van der Waals surface area contributed by atoms with E-state index in [1.54, 1.807) is 20.8 Å². The highest BCUT2D eigenvalue weighted by molar-refractivity contribution is 6.00. The number of benzene rings is 2. The summed E-state index contributed by atoms with van der Waals surface area (Å²) < 4.78 is 42.6. The van der Waals surface area contributed by atoms with Crippen LogP contribution in [0.25, 0.3) is 5.57 Å². The Morgan fingerprint density at radius 3 is 2.42 bits per heavy atom. The van der Waals surface area contributed by atoms with Gasteiger partial charge in [0.15, 0.2) is 6.10 Å². The fourth-order valence-electron chi connectivity index (χ4n) is 3.98. The number of aliphatic hydroxyl groups excluding tert-OH is 1. The van der Waals surface area contributed by atoms with Crippen molar-refractivity contribution in [2.75, 3.05) is 11.4 Å². The van der Waals surface area contributed by atoms with Crippen molar-refractivity contribution in [3.8, 4) is 0 Å². The number of rotatable bonds is 7. The van der Waals surface area contributed by atoms with Gasteiger partial charge in [-0.2, -0.15) is 0 Å². The third kappa shape index (κ3) is 5.49. The third-order valence-electron chi connectivity index (χ3n) is 5.69. The molecule has 10 heteroatoms. The van der Waals surface area contributed by atoms with E-state index >= 15 is 4.39 Å². The second kappa shape index (κ2) is 10.8. The number of nitrogens with one attached hydrogen (secondary N) is 1. The van der Waals surface area contributed by atoms with Crippen molar-refractivity contribution in [1.29, 1.82) is 0 Å². The number of nitrogens with zero attached hydrogens (tertiary/aromatic N) is 2. The van der Waals surface area contributed by atoms with Gasteiger partial charge in [-0.25, -0.2) is 18.2 Å². The summed E-state index contributed by atoms with van der Waals surface area (Å²) in [5.41, 5.74) is 6.66. The van der Waals surface area contributed by atoms with Gasteiger partial charge in [0.05, 0.1) is 5.57 Å². The van der Waals surface area contributed by atoms with E-state index in [1.807, 2.05) is 0 Å². The summed E-state index contributed by atoms with van der Waals surface area (Å²) in [6.45, 7) is 8.57. The molecule has 1 atom stereocenters. The van der Waals surface area contributed by atoms with Gasteiger partial charge in [0.2, 0.25) is 0 Å². The average molecular weight is 501 g/mol. The molecule has 0 bridgehead atoms.